The number of nitrogens with zero attached hydrogens (tertiary/aromatic N) is 1. The molecule has 1 N–H and O–H groups in total. The van der Waals surface area contributed by atoms with E-state index in [9.17, 15) is 4.79 Å². The Labute approximate surface area is 120 Å². The number of hydrogen-bond donors (Lipinski definition) is 1. The lowest BCUT2D eigenvalue weighted by molar-refractivity contribution is -0.125. The third-order valence-corrected chi connectivity index (χ3v) is 3.08. The molecule has 0 aliphatic rings. The molecule has 0 aromatic heterocycles. The lowest BCUT2D eigenvalue weighted by atomic mass is 10.2. The third-order valence-electron chi connectivity index (χ3n) is 3.08. The second kappa shape index (κ2) is 8.55. The molecule has 1 aromatic rings. The predicted molar refractivity (Wildman–Crippen MR) is 78.8 cm³/mol. The van der Waals surface area contributed by atoms with Crippen molar-refractivity contribution in [2.24, 2.45) is 0 Å². The van der Waals surface area contributed by atoms with E-state index in [0.717, 1.165) is 11.3 Å². The third kappa shape index (κ3) is 5.59. The Hall–Kier alpha value is -1.59. The summed E-state index contributed by atoms with van der Waals surface area (Å²) >= 11 is 0. The van der Waals surface area contributed by atoms with Crippen LogP contribution in [-0.4, -0.2) is 51.3 Å². The molecule has 1 rings (SSSR count). The first-order valence-electron chi connectivity index (χ1n) is 6.69. The van der Waals surface area contributed by atoms with Crippen LogP contribution in [0.3, 0.4) is 0 Å². The largest absolute Gasteiger partial charge is 0.491 e. The van der Waals surface area contributed by atoms with Crippen molar-refractivity contribution in [1.29, 1.82) is 0 Å². The van der Waals surface area contributed by atoms with E-state index in [2.05, 4.69) is 5.32 Å². The quantitative estimate of drug-likeness (QED) is 0.729. The monoisotopic (exact) mass is 280 g/mol. The van der Waals surface area contributed by atoms with Crippen molar-refractivity contribution in [1.82, 2.24) is 10.2 Å². The summed E-state index contributed by atoms with van der Waals surface area (Å²) in [5.41, 5.74) is 1.01. The van der Waals surface area contributed by atoms with Crippen LogP contribution in [0.15, 0.2) is 24.3 Å². The van der Waals surface area contributed by atoms with Crippen LogP contribution >= 0.6 is 0 Å². The summed E-state index contributed by atoms with van der Waals surface area (Å²) in [7, 11) is 5.41. The van der Waals surface area contributed by atoms with Gasteiger partial charge in [-0.1, -0.05) is 12.1 Å². The van der Waals surface area contributed by atoms with Gasteiger partial charge in [0.1, 0.15) is 12.4 Å². The van der Waals surface area contributed by atoms with Gasteiger partial charge in [0.25, 0.3) is 0 Å². The van der Waals surface area contributed by atoms with E-state index in [1.165, 1.54) is 0 Å². The SMILES string of the molecule is COCCOc1cccc(CNC(=O)[C@@H](C)N(C)C)c1. The minimum atomic E-state index is -0.142. The Morgan fingerprint density at radius 3 is 2.75 bits per heavy atom. The average Bonchev–Trinajstić information content (AvgIpc) is 2.44. The van der Waals surface area contributed by atoms with Crippen LogP contribution in [0.2, 0.25) is 0 Å². The van der Waals surface area contributed by atoms with Gasteiger partial charge in [-0.3, -0.25) is 9.69 Å². The van der Waals surface area contributed by atoms with Crippen molar-refractivity contribution in [3.05, 3.63) is 29.8 Å². The number of rotatable bonds is 8. The van der Waals surface area contributed by atoms with Gasteiger partial charge in [0.05, 0.1) is 12.6 Å². The smallest absolute Gasteiger partial charge is 0.237 e. The first-order valence-corrected chi connectivity index (χ1v) is 6.69. The Balaban J connectivity index is 2.47. The van der Waals surface area contributed by atoms with Crippen molar-refractivity contribution in [3.8, 4) is 5.75 Å². The highest BCUT2D eigenvalue weighted by Gasteiger charge is 2.13. The molecule has 5 heteroatoms. The topological polar surface area (TPSA) is 50.8 Å². The Bertz CT molecular complexity index is 421. The van der Waals surface area contributed by atoms with Crippen molar-refractivity contribution in [2.45, 2.75) is 19.5 Å². The molecule has 0 saturated heterocycles. The molecule has 1 atom stereocenters. The van der Waals surface area contributed by atoms with Crippen LogP contribution in [0.25, 0.3) is 0 Å². The first-order chi connectivity index (χ1) is 9.54. The van der Waals surface area contributed by atoms with Crippen LogP contribution in [0.4, 0.5) is 0 Å². The summed E-state index contributed by atoms with van der Waals surface area (Å²) in [6, 6.07) is 7.55. The summed E-state index contributed by atoms with van der Waals surface area (Å²) in [4.78, 5) is 13.7. The van der Waals surface area contributed by atoms with Gasteiger partial charge in [-0.2, -0.15) is 0 Å². The standard InChI is InChI=1S/C15H24N2O3/c1-12(17(2)3)15(18)16-11-13-6-5-7-14(10-13)20-9-8-19-4/h5-7,10,12H,8-9,11H2,1-4H3,(H,16,18)/t12-/m1/s1. The molecule has 20 heavy (non-hydrogen) atoms. The molecule has 5 nitrogen and oxygen atoms in total. The molecular formula is C15H24N2O3. The van der Waals surface area contributed by atoms with E-state index < -0.39 is 0 Å². The lowest BCUT2D eigenvalue weighted by Crippen LogP contribution is -2.41. The molecule has 112 valence electrons. The van der Waals surface area contributed by atoms with E-state index in [1.807, 2.05) is 50.2 Å². The number of carbonyl (C=O) groups is 1. The minimum Gasteiger partial charge on any atom is -0.491 e. The molecule has 0 bridgehead atoms. The van der Waals surface area contributed by atoms with E-state index in [1.54, 1.807) is 7.11 Å². The Kier molecular flexibility index (Phi) is 7.04. The predicted octanol–water partition coefficient (Wildman–Crippen LogP) is 1.28. The molecule has 0 unspecified atom stereocenters. The second-order valence-electron chi connectivity index (χ2n) is 4.85. The van der Waals surface area contributed by atoms with Crippen LogP contribution in [0, 0.1) is 0 Å². The van der Waals surface area contributed by atoms with E-state index in [4.69, 9.17) is 9.47 Å². The van der Waals surface area contributed by atoms with Crippen molar-refractivity contribution < 1.29 is 14.3 Å². The number of nitrogens with one attached hydrogen (secondary N) is 1. The fourth-order valence-corrected chi connectivity index (χ4v) is 1.56. The average molecular weight is 280 g/mol. The Morgan fingerprint density at radius 1 is 1.35 bits per heavy atom. The highest BCUT2D eigenvalue weighted by Crippen LogP contribution is 2.13. The zero-order valence-electron chi connectivity index (χ0n) is 12.7. The molecule has 0 aliphatic carbocycles. The molecular weight excluding hydrogens is 256 g/mol. The summed E-state index contributed by atoms with van der Waals surface area (Å²) in [6.07, 6.45) is 0. The summed E-state index contributed by atoms with van der Waals surface area (Å²) in [5, 5.41) is 2.91. The minimum absolute atomic E-state index is 0.0145. The number of ether oxygens (including phenoxy) is 2. The number of likely N-dealkylation sites (N-methyl/N-ethyl adjacent to an activating group) is 1. The zero-order valence-corrected chi connectivity index (χ0v) is 12.7. The second-order valence-corrected chi connectivity index (χ2v) is 4.85. The number of methoxy groups -OCH3 is 1. The Morgan fingerprint density at radius 2 is 2.10 bits per heavy atom. The number of hydrogen-bond acceptors (Lipinski definition) is 4. The van der Waals surface area contributed by atoms with Gasteiger partial charge in [-0.15, -0.1) is 0 Å². The fourth-order valence-electron chi connectivity index (χ4n) is 1.56. The number of carbonyl (C=O) groups excluding carboxylic acids is 1. The van der Waals surface area contributed by atoms with Crippen molar-refractivity contribution in [3.63, 3.8) is 0 Å². The van der Waals surface area contributed by atoms with Gasteiger partial charge in [-0.05, 0) is 38.7 Å². The van der Waals surface area contributed by atoms with E-state index in [-0.39, 0.29) is 11.9 Å². The lowest BCUT2D eigenvalue weighted by Gasteiger charge is -2.19. The highest BCUT2D eigenvalue weighted by molar-refractivity contribution is 5.81. The van der Waals surface area contributed by atoms with E-state index >= 15 is 0 Å². The molecule has 0 spiro atoms. The molecule has 0 fully saturated rings. The molecule has 0 aliphatic heterocycles. The van der Waals surface area contributed by atoms with Gasteiger partial charge in [0.2, 0.25) is 5.91 Å². The first kappa shape index (κ1) is 16.5. The van der Waals surface area contributed by atoms with Crippen molar-refractivity contribution in [2.75, 3.05) is 34.4 Å². The molecule has 0 heterocycles. The van der Waals surface area contributed by atoms with Gasteiger partial charge in [0, 0.05) is 13.7 Å². The van der Waals surface area contributed by atoms with Crippen LogP contribution in [0.1, 0.15) is 12.5 Å². The zero-order chi connectivity index (χ0) is 15.0. The molecule has 0 radical (unpaired) electrons. The van der Waals surface area contributed by atoms with Crippen LogP contribution < -0.4 is 10.1 Å². The van der Waals surface area contributed by atoms with E-state index in [0.29, 0.717) is 19.8 Å². The van der Waals surface area contributed by atoms with Gasteiger partial charge >= 0.3 is 0 Å². The molecule has 1 amide bonds. The van der Waals surface area contributed by atoms with Crippen LogP contribution in [0.5, 0.6) is 5.75 Å². The number of benzene rings is 1. The highest BCUT2D eigenvalue weighted by atomic mass is 16.5. The van der Waals surface area contributed by atoms with Gasteiger partial charge < -0.3 is 14.8 Å². The van der Waals surface area contributed by atoms with Crippen molar-refractivity contribution >= 4 is 5.91 Å². The normalized spacial score (nSPS) is 12.2. The summed E-state index contributed by atoms with van der Waals surface area (Å²) < 4.78 is 10.5. The fraction of sp³-hybridized carbons (Fsp3) is 0.533. The van der Waals surface area contributed by atoms with Gasteiger partial charge in [-0.25, -0.2) is 0 Å². The maximum Gasteiger partial charge on any atom is 0.237 e. The summed E-state index contributed by atoms with van der Waals surface area (Å²) in [5.74, 6) is 0.801. The van der Waals surface area contributed by atoms with Crippen LogP contribution in [-0.2, 0) is 16.1 Å². The maximum absolute atomic E-state index is 11.9. The summed E-state index contributed by atoms with van der Waals surface area (Å²) in [6.45, 7) is 3.45. The number of amides is 1. The van der Waals surface area contributed by atoms with Gasteiger partial charge in [0.15, 0.2) is 0 Å². The maximum atomic E-state index is 11.9. The molecule has 1 aromatic carbocycles. The molecule has 0 saturated carbocycles.